The normalized spacial score (nSPS) is 20.2. The molecule has 248 valence electrons. The van der Waals surface area contributed by atoms with Gasteiger partial charge in [0.2, 0.25) is 12.5 Å². The SMILES string of the molecule is COc1cc([C@@H]2c3cc4c(cc3[C@@H](NC(=O)c3ccc(NC(=O)Nc5ccc(Br)s5)cc3)[C@H]3COC(=O)[C@H]23)OCO4)cc(OC)c1OC. The number of ether oxygens (including phenoxy) is 6. The second-order valence-electron chi connectivity index (χ2n) is 11.3. The summed E-state index contributed by atoms with van der Waals surface area (Å²) in [5.74, 6) is 0.161. The number of amides is 3. The van der Waals surface area contributed by atoms with E-state index in [0.29, 0.717) is 45.0 Å². The molecule has 2 aliphatic heterocycles. The summed E-state index contributed by atoms with van der Waals surface area (Å²) in [5.41, 5.74) is 3.20. The summed E-state index contributed by atoms with van der Waals surface area (Å²) < 4.78 is 34.9. The van der Waals surface area contributed by atoms with Crippen molar-refractivity contribution in [3.05, 3.63) is 86.7 Å². The molecular formula is C34H30BrN3O9S. The molecule has 0 spiro atoms. The number of nitrogens with one attached hydrogen (secondary N) is 3. The molecule has 3 N–H and O–H groups in total. The third-order valence-electron chi connectivity index (χ3n) is 8.73. The smallest absolute Gasteiger partial charge is 0.324 e. The van der Waals surface area contributed by atoms with Gasteiger partial charge < -0.3 is 39.1 Å². The van der Waals surface area contributed by atoms with E-state index in [4.69, 9.17) is 28.4 Å². The lowest BCUT2D eigenvalue weighted by Crippen LogP contribution is -2.42. The molecule has 3 aromatic carbocycles. The van der Waals surface area contributed by atoms with Crippen molar-refractivity contribution in [3.8, 4) is 28.7 Å². The number of methoxy groups -OCH3 is 3. The summed E-state index contributed by atoms with van der Waals surface area (Å²) in [7, 11) is 4.60. The molecule has 0 radical (unpaired) electrons. The number of carbonyl (C=O) groups is 3. The van der Waals surface area contributed by atoms with Crippen LogP contribution in [0.15, 0.2) is 64.5 Å². The summed E-state index contributed by atoms with van der Waals surface area (Å²) in [6.07, 6.45) is 0. The maximum absolute atomic E-state index is 13.8. The fraction of sp³-hybridized carbons (Fsp3) is 0.265. The van der Waals surface area contributed by atoms with Crippen molar-refractivity contribution >= 4 is 55.9 Å². The van der Waals surface area contributed by atoms with Crippen molar-refractivity contribution in [1.29, 1.82) is 0 Å². The Labute approximate surface area is 287 Å². The van der Waals surface area contributed by atoms with Gasteiger partial charge in [0.05, 0.1) is 48.7 Å². The average Bonchev–Trinajstić information content (AvgIpc) is 3.83. The predicted molar refractivity (Wildman–Crippen MR) is 180 cm³/mol. The molecule has 1 aliphatic carbocycles. The van der Waals surface area contributed by atoms with Gasteiger partial charge in [-0.05, 0) is 93.3 Å². The van der Waals surface area contributed by atoms with Crippen LogP contribution < -0.4 is 39.6 Å². The minimum atomic E-state index is -0.639. The van der Waals surface area contributed by atoms with E-state index < -0.39 is 29.8 Å². The van der Waals surface area contributed by atoms with Crippen molar-refractivity contribution < 1.29 is 42.8 Å². The van der Waals surface area contributed by atoms with Crippen LogP contribution in [0.2, 0.25) is 0 Å². The highest BCUT2D eigenvalue weighted by Crippen LogP contribution is 2.55. The highest BCUT2D eigenvalue weighted by atomic mass is 79.9. The van der Waals surface area contributed by atoms with E-state index >= 15 is 0 Å². The number of thiophene rings is 1. The quantitative estimate of drug-likeness (QED) is 0.177. The van der Waals surface area contributed by atoms with E-state index in [1.165, 1.54) is 32.7 Å². The molecular weight excluding hydrogens is 706 g/mol. The van der Waals surface area contributed by atoms with Crippen LogP contribution in [0.4, 0.5) is 15.5 Å². The van der Waals surface area contributed by atoms with Crippen LogP contribution in [-0.4, -0.2) is 52.6 Å². The lowest BCUT2D eigenvalue weighted by atomic mass is 9.65. The molecule has 12 nitrogen and oxygen atoms in total. The number of esters is 1. The molecule has 3 heterocycles. The molecule has 0 bridgehead atoms. The largest absolute Gasteiger partial charge is 0.493 e. The van der Waals surface area contributed by atoms with E-state index in [1.54, 1.807) is 30.3 Å². The molecule has 14 heteroatoms. The maximum atomic E-state index is 13.8. The Morgan fingerprint density at radius 2 is 1.54 bits per heavy atom. The van der Waals surface area contributed by atoms with Crippen LogP contribution >= 0.6 is 27.3 Å². The Hall–Kier alpha value is -4.95. The molecule has 1 saturated heterocycles. The van der Waals surface area contributed by atoms with Crippen molar-refractivity contribution in [2.75, 3.05) is 45.4 Å². The molecule has 4 aromatic rings. The summed E-state index contributed by atoms with van der Waals surface area (Å²) in [6, 6.07) is 16.6. The molecule has 4 atom stereocenters. The summed E-state index contributed by atoms with van der Waals surface area (Å²) in [4.78, 5) is 39.7. The first-order chi connectivity index (χ1) is 23.3. The minimum Gasteiger partial charge on any atom is -0.493 e. The first kappa shape index (κ1) is 31.6. The number of hydrogen-bond donors (Lipinski definition) is 3. The van der Waals surface area contributed by atoms with E-state index in [1.807, 2.05) is 30.3 Å². The van der Waals surface area contributed by atoms with E-state index in [9.17, 15) is 14.4 Å². The zero-order chi connectivity index (χ0) is 33.5. The van der Waals surface area contributed by atoms with Crippen molar-refractivity contribution in [2.24, 2.45) is 11.8 Å². The first-order valence-electron chi connectivity index (χ1n) is 14.9. The van der Waals surface area contributed by atoms with Crippen molar-refractivity contribution in [2.45, 2.75) is 12.0 Å². The van der Waals surface area contributed by atoms with Crippen molar-refractivity contribution in [3.63, 3.8) is 0 Å². The first-order valence-corrected chi connectivity index (χ1v) is 16.5. The standard InChI is InChI=1S/C34H30BrN3O9S/c1-42-24-10-17(11-25(43-2)31(24)44-3)28-19-12-22-23(47-15-46-22)13-20(19)30(21-14-45-33(40)29(21)28)38-32(39)16-4-6-18(7-5-16)36-34(41)37-27-9-8-26(35)48-27/h4-13,21,28-30H,14-15H2,1-3H3,(H,38,39)(H2,36,37,41)/t21-,28+,29-,30+/m0/s1. The number of hydrogen-bond acceptors (Lipinski definition) is 10. The lowest BCUT2D eigenvalue weighted by molar-refractivity contribution is -0.141. The molecule has 3 aliphatic rings. The zero-order valence-electron chi connectivity index (χ0n) is 26.0. The highest BCUT2D eigenvalue weighted by Gasteiger charge is 2.53. The number of halogens is 1. The predicted octanol–water partition coefficient (Wildman–Crippen LogP) is 6.31. The Morgan fingerprint density at radius 3 is 2.17 bits per heavy atom. The summed E-state index contributed by atoms with van der Waals surface area (Å²) in [6.45, 7) is 0.171. The Kier molecular flexibility index (Phi) is 8.52. The summed E-state index contributed by atoms with van der Waals surface area (Å²) in [5, 5.41) is 9.39. The second-order valence-corrected chi connectivity index (χ2v) is 13.8. The van der Waals surface area contributed by atoms with Crippen molar-refractivity contribution in [1.82, 2.24) is 5.32 Å². The minimum absolute atomic E-state index is 0.0578. The fourth-order valence-electron chi connectivity index (χ4n) is 6.61. The Morgan fingerprint density at radius 1 is 0.854 bits per heavy atom. The van der Waals surface area contributed by atoms with Gasteiger partial charge in [0.1, 0.15) is 0 Å². The van der Waals surface area contributed by atoms with Gasteiger partial charge in [-0.3, -0.25) is 14.9 Å². The zero-order valence-corrected chi connectivity index (χ0v) is 28.4. The summed E-state index contributed by atoms with van der Waals surface area (Å²) >= 11 is 4.77. The lowest BCUT2D eigenvalue weighted by Gasteiger charge is -2.39. The van der Waals surface area contributed by atoms with Crippen LogP contribution in [0.1, 0.15) is 39.0 Å². The molecule has 0 saturated carbocycles. The molecule has 48 heavy (non-hydrogen) atoms. The number of cyclic esters (lactones) is 1. The number of anilines is 2. The number of urea groups is 1. The number of rotatable bonds is 8. The van der Waals surface area contributed by atoms with Crippen LogP contribution in [0, 0.1) is 11.8 Å². The molecule has 1 fully saturated rings. The van der Waals surface area contributed by atoms with Gasteiger partial charge in [-0.15, -0.1) is 11.3 Å². The number of fused-ring (bicyclic) bond motifs is 3. The van der Waals surface area contributed by atoms with Gasteiger partial charge in [0.15, 0.2) is 23.0 Å². The van der Waals surface area contributed by atoms with Gasteiger partial charge in [-0.1, -0.05) is 0 Å². The average molecular weight is 737 g/mol. The third kappa shape index (κ3) is 5.75. The highest BCUT2D eigenvalue weighted by molar-refractivity contribution is 9.11. The van der Waals surface area contributed by atoms with E-state index in [0.717, 1.165) is 20.5 Å². The number of benzene rings is 3. The Bertz CT molecular complexity index is 1890. The molecule has 3 amide bonds. The van der Waals surface area contributed by atoms with Crippen LogP contribution in [0.25, 0.3) is 0 Å². The van der Waals surface area contributed by atoms with Gasteiger partial charge in [0.25, 0.3) is 5.91 Å². The molecule has 1 aromatic heterocycles. The fourth-order valence-corrected chi connectivity index (χ4v) is 7.90. The van der Waals surface area contributed by atoms with E-state index in [2.05, 4.69) is 31.9 Å². The molecule has 7 rings (SSSR count). The third-order valence-corrected chi connectivity index (χ3v) is 10.3. The van der Waals surface area contributed by atoms with Crippen LogP contribution in [0.5, 0.6) is 28.7 Å². The van der Waals surface area contributed by atoms with Gasteiger partial charge in [0, 0.05) is 23.1 Å². The van der Waals surface area contributed by atoms with Gasteiger partial charge >= 0.3 is 12.0 Å². The second kappa shape index (κ2) is 12.9. The van der Waals surface area contributed by atoms with Crippen LogP contribution in [-0.2, 0) is 9.53 Å². The van der Waals surface area contributed by atoms with Gasteiger partial charge in [-0.25, -0.2) is 4.79 Å². The van der Waals surface area contributed by atoms with E-state index in [-0.39, 0.29) is 25.3 Å². The Balaban J connectivity index is 1.20. The monoisotopic (exact) mass is 735 g/mol. The van der Waals surface area contributed by atoms with Crippen LogP contribution in [0.3, 0.4) is 0 Å². The molecule has 0 unspecified atom stereocenters. The van der Waals surface area contributed by atoms with Gasteiger partial charge in [-0.2, -0.15) is 0 Å². The maximum Gasteiger partial charge on any atom is 0.324 e. The number of carbonyl (C=O) groups excluding carboxylic acids is 3. The topological polar surface area (TPSA) is 143 Å².